The Labute approximate surface area is 137 Å². The highest BCUT2D eigenvalue weighted by Crippen LogP contribution is 2.26. The Morgan fingerprint density at radius 3 is 2.90 bits per heavy atom. The maximum absolute atomic E-state index is 12.0. The van der Waals surface area contributed by atoms with E-state index in [1.807, 2.05) is 18.4 Å². The van der Waals surface area contributed by atoms with Crippen molar-refractivity contribution in [1.82, 2.24) is 14.8 Å². The van der Waals surface area contributed by atoms with Crippen molar-refractivity contribution in [2.45, 2.75) is 25.0 Å². The zero-order valence-electron chi connectivity index (χ0n) is 11.5. The summed E-state index contributed by atoms with van der Waals surface area (Å²) in [7, 11) is 0. The van der Waals surface area contributed by atoms with Crippen LogP contribution in [0.4, 0.5) is 5.69 Å². The van der Waals surface area contributed by atoms with Crippen molar-refractivity contribution < 1.29 is 4.79 Å². The fourth-order valence-electron chi connectivity index (χ4n) is 1.60. The van der Waals surface area contributed by atoms with Gasteiger partial charge < -0.3 is 9.88 Å². The number of benzene rings is 1. The first-order valence-electron chi connectivity index (χ1n) is 6.24. The van der Waals surface area contributed by atoms with E-state index in [0.29, 0.717) is 20.9 Å². The van der Waals surface area contributed by atoms with Gasteiger partial charge in [0.25, 0.3) is 0 Å². The van der Waals surface area contributed by atoms with E-state index in [1.54, 1.807) is 24.5 Å². The van der Waals surface area contributed by atoms with Gasteiger partial charge in [0.05, 0.1) is 16.5 Å². The molecule has 1 aromatic carbocycles. The summed E-state index contributed by atoms with van der Waals surface area (Å²) >= 11 is 13.2. The molecular weight excluding hydrogens is 331 g/mol. The van der Waals surface area contributed by atoms with Gasteiger partial charge in [-0.15, -0.1) is 10.2 Å². The molecule has 1 heterocycles. The number of amides is 1. The molecule has 112 valence electrons. The molecule has 0 aliphatic carbocycles. The van der Waals surface area contributed by atoms with Crippen LogP contribution in [0.25, 0.3) is 0 Å². The van der Waals surface area contributed by atoms with Crippen molar-refractivity contribution in [3.8, 4) is 0 Å². The second-order valence-electron chi connectivity index (χ2n) is 4.58. The van der Waals surface area contributed by atoms with Crippen molar-refractivity contribution in [1.29, 1.82) is 0 Å². The quantitative estimate of drug-likeness (QED) is 0.835. The molecule has 1 N–H and O–H groups in total. The van der Waals surface area contributed by atoms with Gasteiger partial charge in [0.1, 0.15) is 6.33 Å². The molecule has 21 heavy (non-hydrogen) atoms. The van der Waals surface area contributed by atoms with E-state index in [-0.39, 0.29) is 17.7 Å². The third-order valence-corrected chi connectivity index (χ3v) is 4.15. The van der Waals surface area contributed by atoms with E-state index in [4.69, 9.17) is 23.2 Å². The molecule has 0 bridgehead atoms. The topological polar surface area (TPSA) is 59.8 Å². The Morgan fingerprint density at radius 2 is 2.19 bits per heavy atom. The minimum atomic E-state index is -0.178. The van der Waals surface area contributed by atoms with Crippen LogP contribution in [-0.2, 0) is 4.79 Å². The molecular formula is C13H14Cl2N4OS. The zero-order chi connectivity index (χ0) is 15.4. The molecule has 0 spiro atoms. The number of thioether (sulfide) groups is 1. The van der Waals surface area contributed by atoms with Crippen LogP contribution in [0.15, 0.2) is 29.7 Å². The van der Waals surface area contributed by atoms with E-state index in [0.717, 1.165) is 0 Å². The van der Waals surface area contributed by atoms with Crippen molar-refractivity contribution in [3.05, 3.63) is 34.6 Å². The third kappa shape index (κ3) is 4.36. The molecule has 2 aromatic rings. The first kappa shape index (κ1) is 16.1. The first-order chi connectivity index (χ1) is 9.97. The standard InChI is InChI=1S/C13H14Cl2N4OS/c1-8(2)19-7-16-18-13(19)21-6-12(20)17-11-5-9(14)3-4-10(11)15/h3-5,7-8H,6H2,1-2H3,(H,17,20). The van der Waals surface area contributed by atoms with E-state index >= 15 is 0 Å². The summed E-state index contributed by atoms with van der Waals surface area (Å²) in [5, 5.41) is 12.2. The second-order valence-corrected chi connectivity index (χ2v) is 6.36. The van der Waals surface area contributed by atoms with Crippen molar-refractivity contribution in [2.75, 3.05) is 11.1 Å². The molecule has 0 aliphatic rings. The van der Waals surface area contributed by atoms with Crippen LogP contribution < -0.4 is 5.32 Å². The lowest BCUT2D eigenvalue weighted by molar-refractivity contribution is -0.113. The number of nitrogens with one attached hydrogen (secondary N) is 1. The number of hydrogen-bond acceptors (Lipinski definition) is 4. The molecule has 5 nitrogen and oxygen atoms in total. The Balaban J connectivity index is 1.96. The van der Waals surface area contributed by atoms with Crippen LogP contribution in [0.5, 0.6) is 0 Å². The van der Waals surface area contributed by atoms with Gasteiger partial charge in [0.2, 0.25) is 5.91 Å². The Kier molecular flexibility index (Phi) is 5.50. The van der Waals surface area contributed by atoms with Crippen LogP contribution in [-0.4, -0.2) is 26.4 Å². The molecule has 0 atom stereocenters. The fourth-order valence-corrected chi connectivity index (χ4v) is 2.78. The van der Waals surface area contributed by atoms with Gasteiger partial charge in [-0.1, -0.05) is 35.0 Å². The summed E-state index contributed by atoms with van der Waals surface area (Å²) in [4.78, 5) is 12.0. The van der Waals surface area contributed by atoms with Gasteiger partial charge in [0.15, 0.2) is 5.16 Å². The van der Waals surface area contributed by atoms with Crippen molar-refractivity contribution in [3.63, 3.8) is 0 Å². The van der Waals surface area contributed by atoms with Gasteiger partial charge in [0, 0.05) is 11.1 Å². The molecule has 0 unspecified atom stereocenters. The highest BCUT2D eigenvalue weighted by Gasteiger charge is 2.12. The smallest absolute Gasteiger partial charge is 0.234 e. The van der Waals surface area contributed by atoms with Crippen LogP contribution in [0.3, 0.4) is 0 Å². The van der Waals surface area contributed by atoms with Crippen molar-refractivity contribution in [2.24, 2.45) is 0 Å². The average molecular weight is 345 g/mol. The van der Waals surface area contributed by atoms with Gasteiger partial charge in [-0.25, -0.2) is 0 Å². The second kappa shape index (κ2) is 7.15. The van der Waals surface area contributed by atoms with Crippen LogP contribution >= 0.6 is 35.0 Å². The molecule has 2 rings (SSSR count). The number of hydrogen-bond donors (Lipinski definition) is 1. The lowest BCUT2D eigenvalue weighted by Crippen LogP contribution is -2.15. The Morgan fingerprint density at radius 1 is 1.43 bits per heavy atom. The van der Waals surface area contributed by atoms with Gasteiger partial charge in [-0.3, -0.25) is 4.79 Å². The molecule has 8 heteroatoms. The normalized spacial score (nSPS) is 10.9. The number of nitrogens with zero attached hydrogens (tertiary/aromatic N) is 3. The zero-order valence-corrected chi connectivity index (χ0v) is 13.8. The van der Waals surface area contributed by atoms with Gasteiger partial charge in [-0.05, 0) is 32.0 Å². The van der Waals surface area contributed by atoms with Crippen molar-refractivity contribution >= 4 is 46.6 Å². The van der Waals surface area contributed by atoms with E-state index < -0.39 is 0 Å². The number of anilines is 1. The molecule has 1 aromatic heterocycles. The Bertz CT molecular complexity index is 645. The van der Waals surface area contributed by atoms with Gasteiger partial charge in [-0.2, -0.15) is 0 Å². The van der Waals surface area contributed by atoms with Crippen LogP contribution in [0.2, 0.25) is 10.0 Å². The molecule has 1 amide bonds. The summed E-state index contributed by atoms with van der Waals surface area (Å²) in [5.41, 5.74) is 0.500. The van der Waals surface area contributed by atoms with E-state index in [9.17, 15) is 4.79 Å². The summed E-state index contributed by atoms with van der Waals surface area (Å²) in [6.45, 7) is 4.05. The summed E-state index contributed by atoms with van der Waals surface area (Å²) in [5.74, 6) is 0.0383. The number of aromatic nitrogens is 3. The number of carbonyl (C=O) groups excluding carboxylic acids is 1. The maximum Gasteiger partial charge on any atom is 0.234 e. The predicted molar refractivity (Wildman–Crippen MR) is 86.2 cm³/mol. The predicted octanol–water partition coefficient (Wildman–Crippen LogP) is 3.90. The summed E-state index contributed by atoms with van der Waals surface area (Å²) in [6, 6.07) is 5.16. The number of carbonyl (C=O) groups is 1. The third-order valence-electron chi connectivity index (χ3n) is 2.63. The number of halogens is 2. The molecule has 0 saturated carbocycles. The first-order valence-corrected chi connectivity index (χ1v) is 7.98. The highest BCUT2D eigenvalue weighted by molar-refractivity contribution is 7.99. The lowest BCUT2D eigenvalue weighted by Gasteiger charge is -2.10. The largest absolute Gasteiger partial charge is 0.324 e. The molecule has 0 saturated heterocycles. The van der Waals surface area contributed by atoms with E-state index in [1.165, 1.54) is 11.8 Å². The molecule has 0 aliphatic heterocycles. The summed E-state index contributed by atoms with van der Waals surface area (Å²) in [6.07, 6.45) is 1.65. The van der Waals surface area contributed by atoms with E-state index in [2.05, 4.69) is 15.5 Å². The number of rotatable bonds is 5. The minimum absolute atomic E-state index is 0.178. The minimum Gasteiger partial charge on any atom is -0.324 e. The van der Waals surface area contributed by atoms with Gasteiger partial charge >= 0.3 is 0 Å². The molecule has 0 radical (unpaired) electrons. The average Bonchev–Trinajstić information content (AvgIpc) is 2.89. The molecule has 0 fully saturated rings. The monoisotopic (exact) mass is 344 g/mol. The van der Waals surface area contributed by atoms with Crippen LogP contribution in [0.1, 0.15) is 19.9 Å². The SMILES string of the molecule is CC(C)n1cnnc1SCC(=O)Nc1cc(Cl)ccc1Cl. The highest BCUT2D eigenvalue weighted by atomic mass is 35.5. The summed E-state index contributed by atoms with van der Waals surface area (Å²) < 4.78 is 1.91. The lowest BCUT2D eigenvalue weighted by atomic mass is 10.3. The maximum atomic E-state index is 12.0. The fraction of sp³-hybridized carbons (Fsp3) is 0.308. The van der Waals surface area contributed by atoms with Crippen LogP contribution in [0, 0.1) is 0 Å². The Hall–Kier alpha value is -1.24.